The van der Waals surface area contributed by atoms with Gasteiger partial charge in [0.05, 0.1) is 11.3 Å². The Morgan fingerprint density at radius 2 is 1.81 bits per heavy atom. The number of rotatable bonds is 6. The second-order valence-corrected chi connectivity index (χ2v) is 2.84. The molecule has 0 fully saturated rings. The summed E-state index contributed by atoms with van der Waals surface area (Å²) < 4.78 is 0. The first kappa shape index (κ1) is 13.9. The fraction of sp³-hybridized carbons (Fsp3) is 0.167. The molecule has 0 aliphatic heterocycles. The van der Waals surface area contributed by atoms with E-state index in [1.165, 1.54) is 24.3 Å². The second kappa shape index (κ2) is 7.23. The van der Waals surface area contributed by atoms with Crippen molar-refractivity contribution in [2.45, 2.75) is 13.3 Å². The highest BCUT2D eigenvalue weighted by atomic mass is 16.4. The van der Waals surface area contributed by atoms with Gasteiger partial charge in [-0.15, -0.1) is 0 Å². The van der Waals surface area contributed by atoms with E-state index in [2.05, 4.69) is 18.5 Å². The first-order valence-electron chi connectivity index (χ1n) is 4.75. The van der Waals surface area contributed by atoms with E-state index in [9.17, 15) is 9.59 Å². The van der Waals surface area contributed by atoms with E-state index in [4.69, 9.17) is 5.11 Å². The standard InChI is InChI=1S/C12H15NO3/c1-4-7-9(12(15)16)10(8-5-2)13-11(14)6-3/h4-5,7-8H,1-2,6H2,3H3,(H,13,14)(H,15,16)/b9-7+,10-8+. The topological polar surface area (TPSA) is 66.4 Å². The first-order chi connectivity index (χ1) is 7.56. The van der Waals surface area contributed by atoms with Crippen LogP contribution in [-0.4, -0.2) is 17.0 Å². The van der Waals surface area contributed by atoms with Crippen LogP contribution < -0.4 is 5.32 Å². The third kappa shape index (κ3) is 4.41. The van der Waals surface area contributed by atoms with E-state index in [-0.39, 0.29) is 23.6 Å². The zero-order chi connectivity index (χ0) is 12.6. The molecule has 1 amide bonds. The molecule has 86 valence electrons. The minimum absolute atomic E-state index is 0.0308. The molecule has 0 unspecified atom stereocenters. The number of nitrogens with one attached hydrogen (secondary N) is 1. The van der Waals surface area contributed by atoms with Crippen LogP contribution in [0.25, 0.3) is 0 Å². The van der Waals surface area contributed by atoms with Gasteiger partial charge in [0.25, 0.3) is 0 Å². The summed E-state index contributed by atoms with van der Waals surface area (Å²) in [6.07, 6.45) is 5.77. The maximum absolute atomic E-state index is 11.2. The van der Waals surface area contributed by atoms with Crippen LogP contribution in [0.1, 0.15) is 13.3 Å². The number of carboxylic acid groups (broad SMARTS) is 1. The van der Waals surface area contributed by atoms with Gasteiger partial charge in [-0.2, -0.15) is 0 Å². The molecule has 0 aromatic rings. The highest BCUT2D eigenvalue weighted by Gasteiger charge is 2.13. The lowest BCUT2D eigenvalue weighted by atomic mass is 10.1. The van der Waals surface area contributed by atoms with E-state index in [0.29, 0.717) is 0 Å². The summed E-state index contributed by atoms with van der Waals surface area (Å²) in [7, 11) is 0. The summed E-state index contributed by atoms with van der Waals surface area (Å²) in [5.41, 5.74) is 0.172. The maximum Gasteiger partial charge on any atom is 0.337 e. The fourth-order valence-electron chi connectivity index (χ4n) is 0.949. The Morgan fingerprint density at radius 1 is 1.25 bits per heavy atom. The van der Waals surface area contributed by atoms with Gasteiger partial charge in [-0.3, -0.25) is 4.79 Å². The molecule has 0 saturated heterocycles. The van der Waals surface area contributed by atoms with Gasteiger partial charge in [0, 0.05) is 6.42 Å². The minimum atomic E-state index is -1.13. The van der Waals surface area contributed by atoms with Gasteiger partial charge in [0.15, 0.2) is 0 Å². The van der Waals surface area contributed by atoms with Gasteiger partial charge in [-0.25, -0.2) is 4.79 Å². The Bertz CT molecular complexity index is 364. The Labute approximate surface area is 94.7 Å². The Morgan fingerprint density at radius 3 is 2.19 bits per heavy atom. The van der Waals surface area contributed by atoms with Crippen LogP contribution in [-0.2, 0) is 9.59 Å². The molecule has 0 aliphatic carbocycles. The summed E-state index contributed by atoms with van der Waals surface area (Å²) in [4.78, 5) is 22.1. The summed E-state index contributed by atoms with van der Waals surface area (Å²) in [5.74, 6) is -1.39. The predicted molar refractivity (Wildman–Crippen MR) is 62.6 cm³/mol. The fourth-order valence-corrected chi connectivity index (χ4v) is 0.949. The maximum atomic E-state index is 11.2. The zero-order valence-corrected chi connectivity index (χ0v) is 9.19. The van der Waals surface area contributed by atoms with Crippen molar-refractivity contribution in [2.24, 2.45) is 0 Å². The number of allylic oxidation sites excluding steroid dienone is 4. The highest BCUT2D eigenvalue weighted by Crippen LogP contribution is 2.08. The number of hydrogen-bond acceptors (Lipinski definition) is 2. The smallest absolute Gasteiger partial charge is 0.337 e. The number of carbonyl (C=O) groups is 2. The number of aliphatic carboxylic acids is 1. The highest BCUT2D eigenvalue weighted by molar-refractivity contribution is 5.94. The molecule has 0 spiro atoms. The molecular weight excluding hydrogens is 206 g/mol. The van der Waals surface area contributed by atoms with Crippen molar-refractivity contribution in [1.82, 2.24) is 5.32 Å². The van der Waals surface area contributed by atoms with Crippen LogP contribution in [0.15, 0.2) is 48.7 Å². The Kier molecular flexibility index (Phi) is 6.28. The molecule has 4 nitrogen and oxygen atoms in total. The lowest BCUT2D eigenvalue weighted by Gasteiger charge is -2.08. The Hall–Kier alpha value is -2.10. The normalized spacial score (nSPS) is 11.8. The van der Waals surface area contributed by atoms with Gasteiger partial charge >= 0.3 is 5.97 Å². The minimum Gasteiger partial charge on any atom is -0.478 e. The van der Waals surface area contributed by atoms with Crippen LogP contribution in [0.3, 0.4) is 0 Å². The summed E-state index contributed by atoms with van der Waals surface area (Å²) in [6.45, 7) is 8.56. The third-order valence-corrected chi connectivity index (χ3v) is 1.68. The molecule has 0 aliphatic rings. The summed E-state index contributed by atoms with van der Waals surface area (Å²) >= 11 is 0. The van der Waals surface area contributed by atoms with Crippen molar-refractivity contribution in [3.05, 3.63) is 48.7 Å². The third-order valence-electron chi connectivity index (χ3n) is 1.68. The monoisotopic (exact) mass is 221 g/mol. The van der Waals surface area contributed by atoms with E-state index >= 15 is 0 Å². The van der Waals surface area contributed by atoms with E-state index in [1.807, 2.05) is 0 Å². The molecule has 0 rings (SSSR count). The lowest BCUT2D eigenvalue weighted by Crippen LogP contribution is -2.25. The predicted octanol–water partition coefficient (Wildman–Crippen LogP) is 1.78. The molecule has 0 saturated carbocycles. The van der Waals surface area contributed by atoms with Crippen molar-refractivity contribution >= 4 is 11.9 Å². The van der Waals surface area contributed by atoms with Gasteiger partial charge in [0.1, 0.15) is 0 Å². The molecule has 0 aromatic carbocycles. The van der Waals surface area contributed by atoms with E-state index in [0.717, 1.165) is 0 Å². The molecule has 2 N–H and O–H groups in total. The molecule has 0 heterocycles. The average molecular weight is 221 g/mol. The second-order valence-electron chi connectivity index (χ2n) is 2.84. The largest absolute Gasteiger partial charge is 0.478 e. The van der Waals surface area contributed by atoms with Crippen molar-refractivity contribution in [2.75, 3.05) is 0 Å². The van der Waals surface area contributed by atoms with Crippen LogP contribution in [0.2, 0.25) is 0 Å². The van der Waals surface area contributed by atoms with Crippen LogP contribution in [0, 0.1) is 0 Å². The van der Waals surface area contributed by atoms with Crippen molar-refractivity contribution in [1.29, 1.82) is 0 Å². The first-order valence-corrected chi connectivity index (χ1v) is 4.75. The SMILES string of the molecule is C=C/C=C(NC(=O)CC)\C(=C/C=C)C(=O)O. The van der Waals surface area contributed by atoms with Crippen LogP contribution in [0.4, 0.5) is 0 Å². The molecule has 0 radical (unpaired) electrons. The quantitative estimate of drug-likeness (QED) is 0.530. The van der Waals surface area contributed by atoms with Gasteiger partial charge in [-0.1, -0.05) is 32.2 Å². The van der Waals surface area contributed by atoms with Gasteiger partial charge in [0.2, 0.25) is 5.91 Å². The van der Waals surface area contributed by atoms with Crippen molar-refractivity contribution in [3.63, 3.8) is 0 Å². The van der Waals surface area contributed by atoms with E-state index < -0.39 is 5.97 Å². The number of amides is 1. The molecule has 0 atom stereocenters. The zero-order valence-electron chi connectivity index (χ0n) is 9.19. The number of carbonyl (C=O) groups excluding carboxylic acids is 1. The lowest BCUT2D eigenvalue weighted by molar-refractivity contribution is -0.132. The molecular formula is C12H15NO3. The molecule has 4 heteroatoms. The number of hydrogen-bond donors (Lipinski definition) is 2. The van der Waals surface area contributed by atoms with Gasteiger partial charge < -0.3 is 10.4 Å². The molecule has 0 aromatic heterocycles. The number of carboxylic acids is 1. The Balaban J connectivity index is 5.17. The van der Waals surface area contributed by atoms with Crippen molar-refractivity contribution < 1.29 is 14.7 Å². The molecule has 16 heavy (non-hydrogen) atoms. The van der Waals surface area contributed by atoms with Gasteiger partial charge in [-0.05, 0) is 12.2 Å². The summed E-state index contributed by atoms with van der Waals surface area (Å²) in [5, 5.41) is 11.4. The summed E-state index contributed by atoms with van der Waals surface area (Å²) in [6, 6.07) is 0. The van der Waals surface area contributed by atoms with Crippen molar-refractivity contribution in [3.8, 4) is 0 Å². The average Bonchev–Trinajstić information content (AvgIpc) is 2.24. The molecule has 0 bridgehead atoms. The van der Waals surface area contributed by atoms with E-state index in [1.54, 1.807) is 6.92 Å². The van der Waals surface area contributed by atoms with Crippen LogP contribution >= 0.6 is 0 Å². The van der Waals surface area contributed by atoms with Crippen LogP contribution in [0.5, 0.6) is 0 Å².